The Bertz CT molecular complexity index is 1500. The zero-order valence-electron chi connectivity index (χ0n) is 19.2. The van der Waals surface area contributed by atoms with Gasteiger partial charge in [0, 0.05) is 24.3 Å². The maximum absolute atomic E-state index is 13.4. The fourth-order valence-corrected chi connectivity index (χ4v) is 5.96. The summed E-state index contributed by atoms with van der Waals surface area (Å²) in [7, 11) is -3.81. The molecule has 1 atom stereocenters. The fraction of sp³-hybridized carbons (Fsp3) is 0.231. The van der Waals surface area contributed by atoms with Crippen LogP contribution in [0.1, 0.15) is 18.4 Å². The Morgan fingerprint density at radius 2 is 1.91 bits per heavy atom. The number of amides is 1. The van der Waals surface area contributed by atoms with Crippen molar-refractivity contribution < 1.29 is 17.6 Å². The molecular formula is C26H25FN4O3S. The average Bonchev–Trinajstić information content (AvgIpc) is 3.30. The standard InChI is InChI=1S/C26H25FN4O3S/c1-17-14-20(27)9-11-22(17)30-26(32)19-8-5-13-31(16-19)35(33,34)21-10-12-23-24(15-21)29-25(28-23)18-6-3-2-4-7-18/h2-4,6-7,9-12,14-15,19H,5,8,13,16H2,1H3,(H,28,29)(H,30,32)/t19-/m0/s1. The molecule has 35 heavy (non-hydrogen) atoms. The van der Waals surface area contributed by atoms with Gasteiger partial charge in [-0.2, -0.15) is 4.31 Å². The van der Waals surface area contributed by atoms with Crippen molar-refractivity contribution in [3.8, 4) is 11.4 Å². The van der Waals surface area contributed by atoms with Crippen molar-refractivity contribution in [2.75, 3.05) is 18.4 Å². The van der Waals surface area contributed by atoms with Crippen LogP contribution in [0.3, 0.4) is 0 Å². The molecule has 4 aromatic rings. The molecule has 9 heteroatoms. The average molecular weight is 493 g/mol. The predicted molar refractivity (Wildman–Crippen MR) is 133 cm³/mol. The van der Waals surface area contributed by atoms with Crippen LogP contribution in [0.2, 0.25) is 0 Å². The Kier molecular flexibility index (Phi) is 6.12. The van der Waals surface area contributed by atoms with Crippen LogP contribution < -0.4 is 5.32 Å². The number of nitrogens with zero attached hydrogens (tertiary/aromatic N) is 2. The number of carbonyl (C=O) groups is 1. The van der Waals surface area contributed by atoms with E-state index < -0.39 is 15.9 Å². The number of anilines is 1. The van der Waals surface area contributed by atoms with Crippen LogP contribution in [-0.4, -0.2) is 41.7 Å². The summed E-state index contributed by atoms with van der Waals surface area (Å²) in [6, 6.07) is 18.6. The van der Waals surface area contributed by atoms with Crippen LogP contribution >= 0.6 is 0 Å². The molecule has 180 valence electrons. The topological polar surface area (TPSA) is 95.2 Å². The number of hydrogen-bond donors (Lipinski definition) is 2. The summed E-state index contributed by atoms with van der Waals surface area (Å²) in [5.74, 6) is -0.471. The number of aryl methyl sites for hydroxylation is 1. The molecule has 2 N–H and O–H groups in total. The minimum Gasteiger partial charge on any atom is -0.338 e. The highest BCUT2D eigenvalue weighted by molar-refractivity contribution is 7.89. The predicted octanol–water partition coefficient (Wildman–Crippen LogP) is 4.72. The van der Waals surface area contributed by atoms with E-state index in [-0.39, 0.29) is 23.2 Å². The largest absolute Gasteiger partial charge is 0.338 e. The van der Waals surface area contributed by atoms with E-state index in [1.807, 2.05) is 30.3 Å². The molecule has 2 heterocycles. The van der Waals surface area contributed by atoms with Crippen LogP contribution in [0.15, 0.2) is 71.6 Å². The number of piperidine rings is 1. The lowest BCUT2D eigenvalue weighted by Gasteiger charge is -2.31. The highest BCUT2D eigenvalue weighted by atomic mass is 32.2. The van der Waals surface area contributed by atoms with Crippen LogP contribution in [0.4, 0.5) is 10.1 Å². The molecule has 1 aliphatic heterocycles. The van der Waals surface area contributed by atoms with E-state index in [9.17, 15) is 17.6 Å². The minimum atomic E-state index is -3.81. The van der Waals surface area contributed by atoms with E-state index in [0.717, 1.165) is 5.56 Å². The highest BCUT2D eigenvalue weighted by Crippen LogP contribution is 2.28. The Balaban J connectivity index is 1.35. The third-order valence-corrected chi connectivity index (χ3v) is 8.20. The van der Waals surface area contributed by atoms with Gasteiger partial charge in [-0.25, -0.2) is 17.8 Å². The normalized spacial score (nSPS) is 16.9. The molecular weight excluding hydrogens is 467 g/mol. The molecule has 1 aromatic heterocycles. The molecule has 5 rings (SSSR count). The van der Waals surface area contributed by atoms with Crippen molar-refractivity contribution >= 4 is 32.7 Å². The lowest BCUT2D eigenvalue weighted by Crippen LogP contribution is -2.43. The number of benzene rings is 3. The zero-order valence-corrected chi connectivity index (χ0v) is 20.0. The third kappa shape index (κ3) is 4.69. The molecule has 0 aliphatic carbocycles. The van der Waals surface area contributed by atoms with E-state index in [0.29, 0.717) is 47.5 Å². The lowest BCUT2D eigenvalue weighted by atomic mass is 9.98. The van der Waals surface area contributed by atoms with Crippen molar-refractivity contribution in [3.05, 3.63) is 78.1 Å². The number of carbonyl (C=O) groups excluding carboxylic acids is 1. The van der Waals surface area contributed by atoms with Gasteiger partial charge in [0.05, 0.1) is 21.8 Å². The minimum absolute atomic E-state index is 0.0880. The van der Waals surface area contributed by atoms with Crippen LogP contribution in [0.25, 0.3) is 22.4 Å². The van der Waals surface area contributed by atoms with E-state index >= 15 is 0 Å². The highest BCUT2D eigenvalue weighted by Gasteiger charge is 2.33. The second-order valence-electron chi connectivity index (χ2n) is 8.78. The number of halogens is 1. The molecule has 0 spiro atoms. The van der Waals surface area contributed by atoms with Crippen LogP contribution in [0, 0.1) is 18.7 Å². The number of nitrogens with one attached hydrogen (secondary N) is 2. The Morgan fingerprint density at radius 1 is 1.11 bits per heavy atom. The zero-order chi connectivity index (χ0) is 24.6. The summed E-state index contributed by atoms with van der Waals surface area (Å²) < 4.78 is 41.6. The van der Waals surface area contributed by atoms with Gasteiger partial charge in [-0.05, 0) is 61.7 Å². The molecule has 1 amide bonds. The number of rotatable bonds is 5. The molecule has 0 unspecified atom stereocenters. The second-order valence-corrected chi connectivity index (χ2v) is 10.7. The molecule has 1 saturated heterocycles. The summed E-state index contributed by atoms with van der Waals surface area (Å²) >= 11 is 0. The first-order valence-electron chi connectivity index (χ1n) is 11.4. The fourth-order valence-electron chi connectivity index (χ4n) is 4.41. The van der Waals surface area contributed by atoms with Crippen LogP contribution in [0.5, 0.6) is 0 Å². The number of imidazole rings is 1. The lowest BCUT2D eigenvalue weighted by molar-refractivity contribution is -0.120. The maximum Gasteiger partial charge on any atom is 0.243 e. The van der Waals surface area contributed by atoms with E-state index in [1.165, 1.54) is 22.5 Å². The van der Waals surface area contributed by atoms with Gasteiger partial charge in [0.1, 0.15) is 11.6 Å². The van der Waals surface area contributed by atoms with Gasteiger partial charge in [0.2, 0.25) is 15.9 Å². The van der Waals surface area contributed by atoms with Gasteiger partial charge in [0.15, 0.2) is 0 Å². The number of H-pyrrole nitrogens is 1. The van der Waals surface area contributed by atoms with E-state index in [4.69, 9.17) is 0 Å². The number of sulfonamides is 1. The van der Waals surface area contributed by atoms with Crippen molar-refractivity contribution in [2.24, 2.45) is 5.92 Å². The van der Waals surface area contributed by atoms with E-state index in [2.05, 4.69) is 15.3 Å². The van der Waals surface area contributed by atoms with Gasteiger partial charge < -0.3 is 10.3 Å². The van der Waals surface area contributed by atoms with Crippen molar-refractivity contribution in [1.29, 1.82) is 0 Å². The summed E-state index contributed by atoms with van der Waals surface area (Å²) in [6.07, 6.45) is 1.16. The van der Waals surface area contributed by atoms with Crippen molar-refractivity contribution in [1.82, 2.24) is 14.3 Å². The molecule has 1 fully saturated rings. The van der Waals surface area contributed by atoms with Crippen molar-refractivity contribution in [3.63, 3.8) is 0 Å². The first-order valence-corrected chi connectivity index (χ1v) is 12.9. The summed E-state index contributed by atoms with van der Waals surface area (Å²) in [6.45, 7) is 2.15. The smallest absolute Gasteiger partial charge is 0.243 e. The van der Waals surface area contributed by atoms with E-state index in [1.54, 1.807) is 25.1 Å². The van der Waals surface area contributed by atoms with Gasteiger partial charge in [0.25, 0.3) is 0 Å². The quantitative estimate of drug-likeness (QED) is 0.422. The monoisotopic (exact) mass is 492 g/mol. The summed E-state index contributed by atoms with van der Waals surface area (Å²) in [4.78, 5) is 20.8. The maximum atomic E-state index is 13.4. The second kappa shape index (κ2) is 9.24. The van der Waals surface area contributed by atoms with Gasteiger partial charge >= 0.3 is 0 Å². The molecule has 1 aliphatic rings. The number of fused-ring (bicyclic) bond motifs is 1. The number of aromatic amines is 1. The van der Waals surface area contributed by atoms with Gasteiger partial charge in [-0.15, -0.1) is 0 Å². The number of hydrogen-bond acceptors (Lipinski definition) is 4. The van der Waals surface area contributed by atoms with Gasteiger partial charge in [-0.1, -0.05) is 30.3 Å². The summed E-state index contributed by atoms with van der Waals surface area (Å²) in [5, 5.41) is 2.82. The molecule has 7 nitrogen and oxygen atoms in total. The van der Waals surface area contributed by atoms with Gasteiger partial charge in [-0.3, -0.25) is 4.79 Å². The summed E-state index contributed by atoms with van der Waals surface area (Å²) in [5.41, 5.74) is 3.35. The first-order chi connectivity index (χ1) is 16.8. The Morgan fingerprint density at radius 3 is 2.69 bits per heavy atom. The Hall–Kier alpha value is -3.56. The number of aromatic nitrogens is 2. The van der Waals surface area contributed by atoms with Crippen molar-refractivity contribution in [2.45, 2.75) is 24.7 Å². The molecule has 0 radical (unpaired) electrons. The molecule has 3 aromatic carbocycles. The molecule has 0 saturated carbocycles. The SMILES string of the molecule is Cc1cc(F)ccc1NC(=O)[C@H]1CCCN(S(=O)(=O)c2ccc3nc(-c4ccccc4)[nH]c3c2)C1. The molecule has 0 bridgehead atoms. The Labute approximate surface area is 203 Å². The van der Waals surface area contributed by atoms with Crippen LogP contribution in [-0.2, 0) is 14.8 Å². The first kappa shape index (κ1) is 23.2. The third-order valence-electron chi connectivity index (χ3n) is 6.34.